The van der Waals surface area contributed by atoms with Gasteiger partial charge in [0.25, 0.3) is 6.43 Å². The van der Waals surface area contributed by atoms with Crippen LogP contribution < -0.4 is 10.5 Å². The van der Waals surface area contributed by atoms with E-state index in [9.17, 15) is 8.78 Å². The number of hydrogen-bond donors (Lipinski definition) is 1. The molecule has 0 amide bonds. The van der Waals surface area contributed by atoms with Crippen molar-refractivity contribution in [3.8, 4) is 11.9 Å². The Bertz CT molecular complexity index is 401. The van der Waals surface area contributed by atoms with Gasteiger partial charge in [0.1, 0.15) is 5.82 Å². The van der Waals surface area contributed by atoms with E-state index >= 15 is 0 Å². The molecule has 0 fully saturated rings. The minimum absolute atomic E-state index is 0.0455. The number of methoxy groups -OCH3 is 1. The first kappa shape index (κ1) is 11.2. The smallest absolute Gasteiger partial charge is 0.267 e. The van der Waals surface area contributed by atoms with Crippen LogP contribution in [0, 0.1) is 11.3 Å². The Morgan fingerprint density at radius 3 is 2.80 bits per heavy atom. The zero-order chi connectivity index (χ0) is 11.4. The van der Waals surface area contributed by atoms with Crippen molar-refractivity contribution >= 4 is 5.82 Å². The number of nitrogens with two attached hydrogens (primary N) is 1. The van der Waals surface area contributed by atoms with Crippen LogP contribution in [0.4, 0.5) is 14.6 Å². The molecule has 2 N–H and O–H groups in total. The molecule has 80 valence electrons. The van der Waals surface area contributed by atoms with E-state index in [1.807, 2.05) is 6.07 Å². The third-order valence-electron chi connectivity index (χ3n) is 1.82. The van der Waals surface area contributed by atoms with Crippen LogP contribution in [0.5, 0.6) is 5.88 Å². The second-order valence-electron chi connectivity index (χ2n) is 2.77. The Labute approximate surface area is 85.3 Å². The molecule has 1 aromatic rings. The number of alkyl halides is 2. The van der Waals surface area contributed by atoms with Crippen molar-refractivity contribution in [2.45, 2.75) is 12.8 Å². The van der Waals surface area contributed by atoms with Gasteiger partial charge < -0.3 is 10.5 Å². The first-order valence-corrected chi connectivity index (χ1v) is 4.08. The van der Waals surface area contributed by atoms with Gasteiger partial charge in [-0.2, -0.15) is 10.2 Å². The summed E-state index contributed by atoms with van der Waals surface area (Å²) in [4.78, 5) is 3.66. The maximum Gasteiger partial charge on any atom is 0.267 e. The summed E-state index contributed by atoms with van der Waals surface area (Å²) in [5.41, 5.74) is 5.24. The highest BCUT2D eigenvalue weighted by atomic mass is 19.3. The van der Waals surface area contributed by atoms with Crippen LogP contribution in [0.1, 0.15) is 17.6 Å². The fourth-order valence-electron chi connectivity index (χ4n) is 1.13. The summed E-state index contributed by atoms with van der Waals surface area (Å²) in [6.07, 6.45) is -2.75. The number of rotatable bonds is 3. The Morgan fingerprint density at radius 1 is 1.67 bits per heavy atom. The number of hydrogen-bond acceptors (Lipinski definition) is 4. The largest absolute Gasteiger partial charge is 0.481 e. The third kappa shape index (κ3) is 2.31. The number of nitriles is 1. The Hall–Kier alpha value is -1.90. The number of nitrogens with zero attached hydrogens (tertiary/aromatic N) is 2. The lowest BCUT2D eigenvalue weighted by molar-refractivity contribution is 0.151. The molecule has 0 saturated heterocycles. The van der Waals surface area contributed by atoms with E-state index in [2.05, 4.69) is 4.98 Å². The van der Waals surface area contributed by atoms with Gasteiger partial charge in [0.05, 0.1) is 25.2 Å². The van der Waals surface area contributed by atoms with E-state index in [0.29, 0.717) is 5.56 Å². The van der Waals surface area contributed by atoms with Crippen LogP contribution in [0.25, 0.3) is 0 Å². The highest BCUT2D eigenvalue weighted by Gasteiger charge is 2.16. The molecule has 0 aromatic carbocycles. The van der Waals surface area contributed by atoms with Crippen LogP contribution in [0.3, 0.4) is 0 Å². The van der Waals surface area contributed by atoms with Crippen molar-refractivity contribution in [3.05, 3.63) is 17.2 Å². The zero-order valence-electron chi connectivity index (χ0n) is 8.00. The van der Waals surface area contributed by atoms with E-state index in [0.717, 1.165) is 6.07 Å². The second kappa shape index (κ2) is 4.55. The van der Waals surface area contributed by atoms with Crippen molar-refractivity contribution in [1.82, 2.24) is 4.98 Å². The molecule has 0 radical (unpaired) electrons. The minimum atomic E-state index is -2.71. The maximum atomic E-state index is 12.4. The summed E-state index contributed by atoms with van der Waals surface area (Å²) in [6.45, 7) is 0. The molecule has 1 aromatic heterocycles. The molecule has 0 aliphatic heterocycles. The van der Waals surface area contributed by atoms with Gasteiger partial charge in [0, 0.05) is 5.56 Å². The third-order valence-corrected chi connectivity index (χ3v) is 1.82. The number of ether oxygens (including phenoxy) is 1. The van der Waals surface area contributed by atoms with E-state index in [4.69, 9.17) is 15.7 Å². The fourth-order valence-corrected chi connectivity index (χ4v) is 1.13. The lowest BCUT2D eigenvalue weighted by Gasteiger charge is -2.09. The normalized spacial score (nSPS) is 10.1. The molecule has 1 rings (SSSR count). The van der Waals surface area contributed by atoms with Crippen molar-refractivity contribution in [2.24, 2.45) is 0 Å². The SMILES string of the molecule is COc1nc(N)c(C(F)F)cc1CC#N. The standard InChI is InChI=1S/C9H9F2N3O/c1-15-9-5(2-3-12)4-6(7(10)11)8(13)14-9/h4,7H,2H2,1H3,(H2,13,14). The van der Waals surface area contributed by atoms with Crippen molar-refractivity contribution in [3.63, 3.8) is 0 Å². The first-order valence-electron chi connectivity index (χ1n) is 4.08. The number of halogens is 2. The molecule has 0 unspecified atom stereocenters. The Morgan fingerprint density at radius 2 is 2.33 bits per heavy atom. The molecule has 0 aliphatic carbocycles. The summed E-state index contributed by atoms with van der Waals surface area (Å²) >= 11 is 0. The van der Waals surface area contributed by atoms with Crippen LogP contribution >= 0.6 is 0 Å². The summed E-state index contributed by atoms with van der Waals surface area (Å²) in [5.74, 6) is -0.165. The summed E-state index contributed by atoms with van der Waals surface area (Å²) < 4.78 is 29.7. The molecule has 15 heavy (non-hydrogen) atoms. The highest BCUT2D eigenvalue weighted by Crippen LogP contribution is 2.28. The number of nitrogen functional groups attached to an aromatic ring is 1. The molecular weight excluding hydrogens is 204 g/mol. The van der Waals surface area contributed by atoms with Crippen molar-refractivity contribution in [2.75, 3.05) is 12.8 Å². The highest BCUT2D eigenvalue weighted by molar-refractivity contribution is 5.47. The van der Waals surface area contributed by atoms with Gasteiger partial charge in [-0.1, -0.05) is 0 Å². The van der Waals surface area contributed by atoms with E-state index in [1.54, 1.807) is 0 Å². The minimum Gasteiger partial charge on any atom is -0.481 e. The van der Waals surface area contributed by atoms with Crippen LogP contribution in [-0.4, -0.2) is 12.1 Å². The number of anilines is 1. The molecule has 1 heterocycles. The lowest BCUT2D eigenvalue weighted by Crippen LogP contribution is -2.03. The van der Waals surface area contributed by atoms with Crippen LogP contribution in [0.2, 0.25) is 0 Å². The quantitative estimate of drug-likeness (QED) is 0.828. The van der Waals surface area contributed by atoms with E-state index in [1.165, 1.54) is 7.11 Å². The fraction of sp³-hybridized carbons (Fsp3) is 0.333. The molecular formula is C9H9F2N3O. The summed E-state index contributed by atoms with van der Waals surface area (Å²) in [6, 6.07) is 2.99. The topological polar surface area (TPSA) is 71.9 Å². The molecule has 4 nitrogen and oxygen atoms in total. The summed E-state index contributed by atoms with van der Waals surface area (Å²) in [7, 11) is 1.34. The maximum absolute atomic E-state index is 12.4. The predicted molar refractivity (Wildman–Crippen MR) is 49.5 cm³/mol. The predicted octanol–water partition coefficient (Wildman–Crippen LogP) is 1.68. The van der Waals surface area contributed by atoms with Crippen LogP contribution in [-0.2, 0) is 6.42 Å². The van der Waals surface area contributed by atoms with Gasteiger partial charge in [-0.3, -0.25) is 0 Å². The van der Waals surface area contributed by atoms with Gasteiger partial charge in [0.15, 0.2) is 0 Å². The Balaban J connectivity index is 3.25. The average molecular weight is 213 g/mol. The molecule has 6 heteroatoms. The molecule has 0 saturated carbocycles. The molecule has 0 aliphatic rings. The van der Waals surface area contributed by atoms with E-state index in [-0.39, 0.29) is 23.7 Å². The first-order chi connectivity index (χ1) is 7.10. The Kier molecular flexibility index (Phi) is 3.39. The van der Waals surface area contributed by atoms with Crippen molar-refractivity contribution < 1.29 is 13.5 Å². The van der Waals surface area contributed by atoms with Crippen molar-refractivity contribution in [1.29, 1.82) is 5.26 Å². The van der Waals surface area contributed by atoms with Crippen LogP contribution in [0.15, 0.2) is 6.07 Å². The molecule has 0 atom stereocenters. The summed E-state index contributed by atoms with van der Waals surface area (Å²) in [5, 5.41) is 8.49. The number of pyridine rings is 1. The average Bonchev–Trinajstić information content (AvgIpc) is 2.20. The van der Waals surface area contributed by atoms with Gasteiger partial charge in [0.2, 0.25) is 5.88 Å². The van der Waals surface area contributed by atoms with Gasteiger partial charge in [-0.15, -0.1) is 0 Å². The zero-order valence-corrected chi connectivity index (χ0v) is 8.00. The van der Waals surface area contributed by atoms with Gasteiger partial charge in [-0.05, 0) is 6.07 Å². The van der Waals surface area contributed by atoms with Gasteiger partial charge in [-0.25, -0.2) is 8.78 Å². The molecule has 0 bridgehead atoms. The van der Waals surface area contributed by atoms with Gasteiger partial charge >= 0.3 is 0 Å². The lowest BCUT2D eigenvalue weighted by atomic mass is 10.1. The van der Waals surface area contributed by atoms with E-state index < -0.39 is 6.43 Å². The molecule has 0 spiro atoms. The monoisotopic (exact) mass is 213 g/mol. The second-order valence-corrected chi connectivity index (χ2v) is 2.77. The number of aromatic nitrogens is 1.